The third-order valence-corrected chi connectivity index (χ3v) is 4.88. The number of imidazole rings is 1. The molecule has 0 amide bonds. The predicted octanol–water partition coefficient (Wildman–Crippen LogP) is 3.12. The average Bonchev–Trinajstić information content (AvgIpc) is 3.21. The van der Waals surface area contributed by atoms with Crippen LogP contribution in [0.5, 0.6) is 0 Å². The van der Waals surface area contributed by atoms with Crippen molar-refractivity contribution in [1.29, 1.82) is 0 Å². The minimum Gasteiger partial charge on any atom is -0.342 e. The molecule has 7 nitrogen and oxygen atoms in total. The Hall–Kier alpha value is -2.28. The van der Waals surface area contributed by atoms with E-state index in [-0.39, 0.29) is 6.04 Å². The van der Waals surface area contributed by atoms with E-state index < -0.39 is 0 Å². The van der Waals surface area contributed by atoms with Crippen LogP contribution in [-0.4, -0.2) is 30.7 Å². The first-order valence-corrected chi connectivity index (χ1v) is 9.01. The van der Waals surface area contributed by atoms with Gasteiger partial charge in [-0.3, -0.25) is 4.98 Å². The lowest BCUT2D eigenvalue weighted by Gasteiger charge is -2.29. The Morgan fingerprint density at radius 3 is 2.92 bits per heavy atom. The monoisotopic (exact) mass is 340 g/mol. The molecule has 1 saturated carbocycles. The predicted molar refractivity (Wildman–Crippen MR) is 94.8 cm³/mol. The first-order valence-electron chi connectivity index (χ1n) is 9.01. The zero-order valence-electron chi connectivity index (χ0n) is 14.7. The highest BCUT2D eigenvalue weighted by atomic mass is 16.5. The van der Waals surface area contributed by atoms with E-state index in [0.29, 0.717) is 23.5 Å². The SMILES string of the molecule is CC(C)Cc1nc2cnc(-c3ncon3)cc2n1[C@@H]1CCC[C@H](N)C1. The fraction of sp³-hybridized carbons (Fsp3) is 0.556. The second kappa shape index (κ2) is 6.55. The summed E-state index contributed by atoms with van der Waals surface area (Å²) in [6.45, 7) is 4.44. The van der Waals surface area contributed by atoms with E-state index in [1.807, 2.05) is 12.3 Å². The van der Waals surface area contributed by atoms with Crippen LogP contribution in [0, 0.1) is 5.92 Å². The van der Waals surface area contributed by atoms with Gasteiger partial charge in [-0.15, -0.1) is 0 Å². The van der Waals surface area contributed by atoms with Crippen LogP contribution in [0.15, 0.2) is 23.2 Å². The van der Waals surface area contributed by atoms with Crippen molar-refractivity contribution in [3.05, 3.63) is 24.5 Å². The maximum Gasteiger partial charge on any atom is 0.220 e. The third kappa shape index (κ3) is 3.16. The number of nitrogens with two attached hydrogens (primary N) is 1. The van der Waals surface area contributed by atoms with Gasteiger partial charge in [0.2, 0.25) is 12.2 Å². The van der Waals surface area contributed by atoms with Gasteiger partial charge in [0.05, 0.1) is 11.7 Å². The summed E-state index contributed by atoms with van der Waals surface area (Å²) in [6.07, 6.45) is 8.49. The maximum atomic E-state index is 6.26. The summed E-state index contributed by atoms with van der Waals surface area (Å²) < 4.78 is 7.25. The zero-order valence-corrected chi connectivity index (χ0v) is 14.7. The molecule has 4 rings (SSSR count). The van der Waals surface area contributed by atoms with Crippen molar-refractivity contribution in [2.75, 3.05) is 0 Å². The molecule has 2 N–H and O–H groups in total. The van der Waals surface area contributed by atoms with Gasteiger partial charge in [-0.1, -0.05) is 19.0 Å². The number of hydrogen-bond donors (Lipinski definition) is 1. The highest BCUT2D eigenvalue weighted by Crippen LogP contribution is 2.33. The molecule has 0 aromatic carbocycles. The molecule has 2 atom stereocenters. The summed E-state index contributed by atoms with van der Waals surface area (Å²) in [7, 11) is 0. The Morgan fingerprint density at radius 2 is 2.20 bits per heavy atom. The maximum absolute atomic E-state index is 6.26. The molecular weight excluding hydrogens is 316 g/mol. The highest BCUT2D eigenvalue weighted by molar-refractivity contribution is 5.79. The van der Waals surface area contributed by atoms with E-state index >= 15 is 0 Å². The Bertz CT molecular complexity index is 854. The van der Waals surface area contributed by atoms with Gasteiger partial charge in [0, 0.05) is 18.5 Å². The van der Waals surface area contributed by atoms with E-state index in [4.69, 9.17) is 15.2 Å². The topological polar surface area (TPSA) is 95.6 Å². The largest absolute Gasteiger partial charge is 0.342 e. The lowest BCUT2D eigenvalue weighted by atomic mass is 9.91. The Kier molecular flexibility index (Phi) is 4.25. The highest BCUT2D eigenvalue weighted by Gasteiger charge is 2.25. The standard InChI is InChI=1S/C18H24N6O/c1-11(2)6-17-22-15-9-20-14(18-21-10-25-23-18)8-16(15)24(17)13-5-3-4-12(19)7-13/h8-13H,3-7,19H2,1-2H3/t12-,13+/m0/s1. The van der Waals surface area contributed by atoms with E-state index in [9.17, 15) is 0 Å². The number of aromatic nitrogens is 5. The summed E-state index contributed by atoms with van der Waals surface area (Å²) in [5.41, 5.74) is 8.97. The summed E-state index contributed by atoms with van der Waals surface area (Å²) >= 11 is 0. The number of hydrogen-bond acceptors (Lipinski definition) is 6. The van der Waals surface area contributed by atoms with Crippen LogP contribution in [-0.2, 0) is 6.42 Å². The number of nitrogens with zero attached hydrogens (tertiary/aromatic N) is 5. The normalized spacial score (nSPS) is 21.3. The number of pyridine rings is 1. The van der Waals surface area contributed by atoms with Gasteiger partial charge >= 0.3 is 0 Å². The van der Waals surface area contributed by atoms with Crippen LogP contribution >= 0.6 is 0 Å². The van der Waals surface area contributed by atoms with Gasteiger partial charge in [0.25, 0.3) is 0 Å². The van der Waals surface area contributed by atoms with Crippen LogP contribution in [0.4, 0.5) is 0 Å². The van der Waals surface area contributed by atoms with Crippen molar-refractivity contribution < 1.29 is 4.52 Å². The molecule has 25 heavy (non-hydrogen) atoms. The molecule has 1 aliphatic rings. The molecule has 0 aliphatic heterocycles. The zero-order chi connectivity index (χ0) is 17.4. The second-order valence-corrected chi connectivity index (χ2v) is 7.39. The van der Waals surface area contributed by atoms with Crippen LogP contribution in [0.25, 0.3) is 22.6 Å². The van der Waals surface area contributed by atoms with E-state index in [2.05, 4.69) is 33.5 Å². The minimum atomic E-state index is 0.265. The summed E-state index contributed by atoms with van der Waals surface area (Å²) in [5.74, 6) is 2.16. The quantitative estimate of drug-likeness (QED) is 0.784. The fourth-order valence-electron chi connectivity index (χ4n) is 3.81. The Labute approximate surface area is 146 Å². The van der Waals surface area contributed by atoms with Crippen molar-refractivity contribution >= 4 is 11.0 Å². The Morgan fingerprint density at radius 1 is 1.32 bits per heavy atom. The van der Waals surface area contributed by atoms with Crippen molar-refractivity contribution in [2.45, 2.75) is 58.0 Å². The Balaban J connectivity index is 1.84. The molecule has 7 heteroatoms. The summed E-state index contributed by atoms with van der Waals surface area (Å²) in [5, 5.41) is 3.90. The lowest BCUT2D eigenvalue weighted by Crippen LogP contribution is -2.30. The molecular formula is C18H24N6O. The summed E-state index contributed by atoms with van der Waals surface area (Å²) in [4.78, 5) is 13.4. The van der Waals surface area contributed by atoms with Crippen LogP contribution < -0.4 is 5.73 Å². The molecule has 0 bridgehead atoms. The molecule has 0 unspecified atom stereocenters. The van der Waals surface area contributed by atoms with Gasteiger partial charge in [-0.2, -0.15) is 4.98 Å². The fourth-order valence-corrected chi connectivity index (χ4v) is 3.81. The number of rotatable bonds is 4. The van der Waals surface area contributed by atoms with Crippen molar-refractivity contribution in [1.82, 2.24) is 24.7 Å². The average molecular weight is 340 g/mol. The van der Waals surface area contributed by atoms with Crippen molar-refractivity contribution in [3.63, 3.8) is 0 Å². The van der Waals surface area contributed by atoms with Crippen molar-refractivity contribution in [2.24, 2.45) is 11.7 Å². The molecule has 0 radical (unpaired) electrons. The van der Waals surface area contributed by atoms with Crippen LogP contribution in [0.1, 0.15) is 51.4 Å². The summed E-state index contributed by atoms with van der Waals surface area (Å²) in [6, 6.07) is 2.68. The molecule has 3 aromatic rings. The van der Waals surface area contributed by atoms with Gasteiger partial charge < -0.3 is 14.8 Å². The first-order chi connectivity index (χ1) is 12.1. The molecule has 0 saturated heterocycles. The van der Waals surface area contributed by atoms with Gasteiger partial charge in [0.1, 0.15) is 17.0 Å². The molecule has 132 valence electrons. The molecule has 3 aromatic heterocycles. The second-order valence-electron chi connectivity index (χ2n) is 7.39. The first kappa shape index (κ1) is 16.2. The lowest BCUT2D eigenvalue weighted by molar-refractivity contribution is 0.317. The van der Waals surface area contributed by atoms with E-state index in [1.54, 1.807) is 0 Å². The molecule has 1 aliphatic carbocycles. The van der Waals surface area contributed by atoms with Crippen LogP contribution in [0.3, 0.4) is 0 Å². The van der Waals surface area contributed by atoms with Gasteiger partial charge in [-0.25, -0.2) is 4.98 Å². The molecule has 3 heterocycles. The van der Waals surface area contributed by atoms with Gasteiger partial charge in [0.15, 0.2) is 0 Å². The minimum absolute atomic E-state index is 0.265. The van der Waals surface area contributed by atoms with Crippen LogP contribution in [0.2, 0.25) is 0 Å². The number of fused-ring (bicyclic) bond motifs is 1. The molecule has 1 fully saturated rings. The smallest absolute Gasteiger partial charge is 0.220 e. The van der Waals surface area contributed by atoms with E-state index in [0.717, 1.165) is 49.0 Å². The molecule has 0 spiro atoms. The van der Waals surface area contributed by atoms with Crippen molar-refractivity contribution in [3.8, 4) is 11.5 Å². The third-order valence-electron chi connectivity index (χ3n) is 4.88. The van der Waals surface area contributed by atoms with E-state index in [1.165, 1.54) is 6.39 Å². The van der Waals surface area contributed by atoms with Gasteiger partial charge in [-0.05, 0) is 37.7 Å².